The van der Waals surface area contributed by atoms with Crippen LogP contribution in [0.15, 0.2) is 42.5 Å². The monoisotopic (exact) mass is 274 g/mol. The maximum absolute atomic E-state index is 11.4. The third kappa shape index (κ3) is 3.00. The van der Waals surface area contributed by atoms with E-state index in [1.54, 1.807) is 12.1 Å². The second-order valence-corrected chi connectivity index (χ2v) is 4.50. The number of carboxylic acid groups (broad SMARTS) is 1. The Morgan fingerprint density at radius 1 is 1.00 bits per heavy atom. The predicted molar refractivity (Wildman–Crippen MR) is 72.0 cm³/mol. The number of benzene rings is 2. The molecular weight excluding hydrogens is 260 g/mol. The first-order valence-electron chi connectivity index (χ1n) is 6.00. The van der Waals surface area contributed by atoms with Gasteiger partial charge < -0.3 is 20.4 Å². The highest BCUT2D eigenvalue weighted by molar-refractivity contribution is 5.77. The van der Waals surface area contributed by atoms with Gasteiger partial charge in [-0.1, -0.05) is 18.2 Å². The zero-order valence-corrected chi connectivity index (χ0v) is 10.5. The molecule has 0 aliphatic heterocycles. The van der Waals surface area contributed by atoms with Crippen molar-refractivity contribution in [3.63, 3.8) is 0 Å². The van der Waals surface area contributed by atoms with Crippen LogP contribution < -0.4 is 0 Å². The Morgan fingerprint density at radius 2 is 1.70 bits per heavy atom. The summed E-state index contributed by atoms with van der Waals surface area (Å²) in [6, 6.07) is 10.0. The summed E-state index contributed by atoms with van der Waals surface area (Å²) in [6.07, 6.45) is 0.0604. The Balaban J connectivity index is 2.33. The second-order valence-electron chi connectivity index (χ2n) is 4.50. The van der Waals surface area contributed by atoms with E-state index < -0.39 is 11.9 Å². The number of carboxylic acids is 1. The van der Waals surface area contributed by atoms with Gasteiger partial charge in [0.2, 0.25) is 0 Å². The fourth-order valence-corrected chi connectivity index (χ4v) is 2.03. The minimum absolute atomic E-state index is 0.0105. The largest absolute Gasteiger partial charge is 0.508 e. The molecule has 0 spiro atoms. The molecule has 5 nitrogen and oxygen atoms in total. The van der Waals surface area contributed by atoms with Crippen LogP contribution in [0.1, 0.15) is 17.0 Å². The van der Waals surface area contributed by atoms with Gasteiger partial charge in [0, 0.05) is 6.07 Å². The summed E-state index contributed by atoms with van der Waals surface area (Å²) in [4.78, 5) is 11.4. The summed E-state index contributed by atoms with van der Waals surface area (Å²) in [5, 5.41) is 37.7. The maximum Gasteiger partial charge on any atom is 0.311 e. The Morgan fingerprint density at radius 3 is 2.30 bits per heavy atom. The lowest BCUT2D eigenvalue weighted by atomic mass is 9.91. The summed E-state index contributed by atoms with van der Waals surface area (Å²) in [5.41, 5.74) is 0.864. The van der Waals surface area contributed by atoms with Crippen LogP contribution in [0.5, 0.6) is 17.2 Å². The molecule has 0 amide bonds. The van der Waals surface area contributed by atoms with Gasteiger partial charge in [0.1, 0.15) is 17.2 Å². The highest BCUT2D eigenvalue weighted by atomic mass is 16.4. The number of rotatable bonds is 4. The molecule has 0 aliphatic rings. The highest BCUT2D eigenvalue weighted by Gasteiger charge is 2.22. The van der Waals surface area contributed by atoms with Gasteiger partial charge in [-0.25, -0.2) is 0 Å². The third-order valence-electron chi connectivity index (χ3n) is 3.06. The van der Waals surface area contributed by atoms with Gasteiger partial charge in [0.05, 0.1) is 5.92 Å². The lowest BCUT2D eigenvalue weighted by Crippen LogP contribution is -2.14. The van der Waals surface area contributed by atoms with Gasteiger partial charge in [-0.3, -0.25) is 4.79 Å². The first-order valence-corrected chi connectivity index (χ1v) is 6.00. The number of phenols is 3. The van der Waals surface area contributed by atoms with E-state index in [2.05, 4.69) is 0 Å². The Labute approximate surface area is 115 Å². The van der Waals surface area contributed by atoms with Crippen molar-refractivity contribution >= 4 is 5.97 Å². The molecule has 4 N–H and O–H groups in total. The molecular formula is C15H14O5. The van der Waals surface area contributed by atoms with E-state index in [0.717, 1.165) is 6.07 Å². The van der Waals surface area contributed by atoms with E-state index in [9.17, 15) is 25.2 Å². The van der Waals surface area contributed by atoms with Gasteiger partial charge in [-0.05, 0) is 35.7 Å². The zero-order valence-electron chi connectivity index (χ0n) is 10.5. The molecule has 0 heterocycles. The van der Waals surface area contributed by atoms with E-state index in [0.29, 0.717) is 11.1 Å². The minimum Gasteiger partial charge on any atom is -0.508 e. The standard InChI is InChI=1S/C15H14O5/c16-11-3-1-2-9(6-11)13(15(19)20)7-10-4-5-12(17)8-14(10)18/h1-6,8,13,16-18H,7H2,(H,19,20). The van der Waals surface area contributed by atoms with Crippen molar-refractivity contribution in [3.05, 3.63) is 53.6 Å². The van der Waals surface area contributed by atoms with Crippen molar-refractivity contribution in [2.45, 2.75) is 12.3 Å². The first-order chi connectivity index (χ1) is 9.47. The molecule has 5 heteroatoms. The zero-order chi connectivity index (χ0) is 14.7. The van der Waals surface area contributed by atoms with Crippen molar-refractivity contribution in [2.24, 2.45) is 0 Å². The number of carbonyl (C=O) groups is 1. The van der Waals surface area contributed by atoms with Crippen LogP contribution in [0.3, 0.4) is 0 Å². The fraction of sp³-hybridized carbons (Fsp3) is 0.133. The third-order valence-corrected chi connectivity index (χ3v) is 3.06. The Hall–Kier alpha value is -2.69. The van der Waals surface area contributed by atoms with Crippen LogP contribution >= 0.6 is 0 Å². The van der Waals surface area contributed by atoms with E-state index in [1.165, 1.54) is 24.3 Å². The molecule has 0 fully saturated rings. The molecule has 0 radical (unpaired) electrons. The van der Waals surface area contributed by atoms with Crippen molar-refractivity contribution < 1.29 is 25.2 Å². The van der Waals surface area contributed by atoms with E-state index in [1.807, 2.05) is 0 Å². The van der Waals surface area contributed by atoms with Crippen molar-refractivity contribution in [1.82, 2.24) is 0 Å². The van der Waals surface area contributed by atoms with Crippen LogP contribution in [0.4, 0.5) is 0 Å². The molecule has 2 rings (SSSR count). The van der Waals surface area contributed by atoms with Crippen molar-refractivity contribution in [2.75, 3.05) is 0 Å². The number of aliphatic carboxylic acids is 1. The molecule has 2 aromatic carbocycles. The Kier molecular flexibility index (Phi) is 3.79. The highest BCUT2D eigenvalue weighted by Crippen LogP contribution is 2.29. The number of aromatic hydroxyl groups is 3. The van der Waals surface area contributed by atoms with Crippen LogP contribution in [0.2, 0.25) is 0 Å². The molecule has 1 atom stereocenters. The van der Waals surface area contributed by atoms with Gasteiger partial charge in [-0.15, -0.1) is 0 Å². The molecule has 0 saturated heterocycles. The summed E-state index contributed by atoms with van der Waals surface area (Å²) in [6.45, 7) is 0. The topological polar surface area (TPSA) is 98.0 Å². The fourth-order valence-electron chi connectivity index (χ4n) is 2.03. The average molecular weight is 274 g/mol. The smallest absolute Gasteiger partial charge is 0.311 e. The first kappa shape index (κ1) is 13.7. The maximum atomic E-state index is 11.4. The van der Waals surface area contributed by atoms with Crippen LogP contribution in [-0.2, 0) is 11.2 Å². The summed E-state index contributed by atoms with van der Waals surface area (Å²) in [7, 11) is 0. The van der Waals surface area contributed by atoms with Crippen LogP contribution in [-0.4, -0.2) is 26.4 Å². The molecule has 0 aliphatic carbocycles. The van der Waals surface area contributed by atoms with Crippen LogP contribution in [0.25, 0.3) is 0 Å². The Bertz CT molecular complexity index is 636. The average Bonchev–Trinajstić information content (AvgIpc) is 2.37. The molecule has 104 valence electrons. The summed E-state index contributed by atoms with van der Waals surface area (Å²) >= 11 is 0. The van der Waals surface area contributed by atoms with E-state index in [4.69, 9.17) is 0 Å². The van der Waals surface area contributed by atoms with Crippen LogP contribution in [0, 0.1) is 0 Å². The number of phenolic OH excluding ortho intramolecular Hbond substituents is 3. The quantitative estimate of drug-likeness (QED) is 0.685. The SMILES string of the molecule is O=C(O)C(Cc1ccc(O)cc1O)c1cccc(O)c1. The molecule has 1 unspecified atom stereocenters. The lowest BCUT2D eigenvalue weighted by Gasteiger charge is -2.14. The normalized spacial score (nSPS) is 12.0. The van der Waals surface area contributed by atoms with Gasteiger partial charge in [0.25, 0.3) is 0 Å². The van der Waals surface area contributed by atoms with Gasteiger partial charge >= 0.3 is 5.97 Å². The number of hydrogen-bond acceptors (Lipinski definition) is 4. The van der Waals surface area contributed by atoms with Crippen molar-refractivity contribution in [3.8, 4) is 17.2 Å². The van der Waals surface area contributed by atoms with E-state index in [-0.39, 0.29) is 23.7 Å². The minimum atomic E-state index is -1.05. The summed E-state index contributed by atoms with van der Waals surface area (Å²) < 4.78 is 0. The number of hydrogen-bond donors (Lipinski definition) is 4. The molecule has 0 saturated carbocycles. The van der Waals surface area contributed by atoms with Gasteiger partial charge in [-0.2, -0.15) is 0 Å². The van der Waals surface area contributed by atoms with E-state index >= 15 is 0 Å². The lowest BCUT2D eigenvalue weighted by molar-refractivity contribution is -0.138. The van der Waals surface area contributed by atoms with Gasteiger partial charge in [0.15, 0.2) is 0 Å². The van der Waals surface area contributed by atoms with Crippen molar-refractivity contribution in [1.29, 1.82) is 0 Å². The predicted octanol–water partition coefficient (Wildman–Crippen LogP) is 2.21. The summed E-state index contributed by atoms with van der Waals surface area (Å²) in [5.74, 6) is -2.20. The molecule has 0 bridgehead atoms. The molecule has 0 aromatic heterocycles. The second kappa shape index (κ2) is 5.52. The molecule has 20 heavy (non-hydrogen) atoms. The molecule has 2 aromatic rings.